The molecule has 1 aromatic rings. The fraction of sp³-hybridized carbons (Fsp3) is 0.455. The number of hydrogen-bond acceptors (Lipinski definition) is 3. The van der Waals surface area contributed by atoms with Crippen LogP contribution in [0, 0.1) is 0 Å². The number of hydrogen-bond donors (Lipinski definition) is 2. The topological polar surface area (TPSA) is 47.3 Å². The fourth-order valence-corrected chi connectivity index (χ4v) is 2.05. The normalized spacial score (nSPS) is 20.3. The van der Waals surface area contributed by atoms with Gasteiger partial charge in [-0.1, -0.05) is 0 Å². The van der Waals surface area contributed by atoms with E-state index >= 15 is 0 Å². The molecule has 1 atom stereocenters. The molecular formula is C11H16N2O. The molecule has 1 aliphatic rings. The van der Waals surface area contributed by atoms with Crippen molar-refractivity contribution >= 4 is 5.69 Å². The molecule has 0 radical (unpaired) electrons. The molecule has 3 nitrogen and oxygen atoms in total. The minimum absolute atomic E-state index is 0.371. The van der Waals surface area contributed by atoms with Crippen LogP contribution in [0.4, 0.5) is 5.69 Å². The lowest BCUT2D eigenvalue weighted by atomic mass is 9.94. The molecule has 14 heavy (non-hydrogen) atoms. The van der Waals surface area contributed by atoms with E-state index in [2.05, 4.69) is 12.2 Å². The highest BCUT2D eigenvalue weighted by Crippen LogP contribution is 2.32. The number of nitrogen functional groups attached to an aromatic ring is 1. The number of methoxy groups -OCH3 is 1. The molecule has 0 amide bonds. The predicted octanol–water partition coefficient (Wildman–Crippen LogP) is 1.48. The largest absolute Gasteiger partial charge is 0.496 e. The number of nitrogens with one attached hydrogen (secondary N) is 1. The zero-order chi connectivity index (χ0) is 10.1. The molecule has 3 heteroatoms. The van der Waals surface area contributed by atoms with Crippen LogP contribution in [0.25, 0.3) is 0 Å². The SMILES string of the molecule is COc1cc(N)cc2c1CCNC2C. The van der Waals surface area contributed by atoms with Gasteiger partial charge in [0.1, 0.15) is 5.75 Å². The second-order valence-electron chi connectivity index (χ2n) is 3.72. The van der Waals surface area contributed by atoms with Gasteiger partial charge in [-0.15, -0.1) is 0 Å². The number of anilines is 1. The molecule has 76 valence electrons. The van der Waals surface area contributed by atoms with E-state index in [1.165, 1.54) is 11.1 Å². The lowest BCUT2D eigenvalue weighted by molar-refractivity contribution is 0.403. The van der Waals surface area contributed by atoms with Crippen molar-refractivity contribution in [1.29, 1.82) is 0 Å². The van der Waals surface area contributed by atoms with Gasteiger partial charge >= 0.3 is 0 Å². The maximum Gasteiger partial charge on any atom is 0.124 e. The Morgan fingerprint density at radius 3 is 3.00 bits per heavy atom. The minimum Gasteiger partial charge on any atom is -0.496 e. The predicted molar refractivity (Wildman–Crippen MR) is 57.5 cm³/mol. The summed E-state index contributed by atoms with van der Waals surface area (Å²) in [5, 5.41) is 3.41. The lowest BCUT2D eigenvalue weighted by Gasteiger charge is -2.25. The third-order valence-electron chi connectivity index (χ3n) is 2.78. The molecule has 2 rings (SSSR count). The number of benzene rings is 1. The van der Waals surface area contributed by atoms with Crippen LogP contribution in [0.15, 0.2) is 12.1 Å². The van der Waals surface area contributed by atoms with Crippen molar-refractivity contribution in [3.63, 3.8) is 0 Å². The summed E-state index contributed by atoms with van der Waals surface area (Å²) in [4.78, 5) is 0. The van der Waals surface area contributed by atoms with E-state index in [1.54, 1.807) is 7.11 Å². The second kappa shape index (κ2) is 3.50. The quantitative estimate of drug-likeness (QED) is 0.663. The lowest BCUT2D eigenvalue weighted by Crippen LogP contribution is -2.28. The maximum atomic E-state index is 5.81. The smallest absolute Gasteiger partial charge is 0.124 e. The third-order valence-corrected chi connectivity index (χ3v) is 2.78. The van der Waals surface area contributed by atoms with Gasteiger partial charge in [0, 0.05) is 23.4 Å². The molecule has 0 spiro atoms. The molecule has 1 unspecified atom stereocenters. The summed E-state index contributed by atoms with van der Waals surface area (Å²) in [5.41, 5.74) is 9.16. The summed E-state index contributed by atoms with van der Waals surface area (Å²) in [6.07, 6.45) is 1.02. The highest BCUT2D eigenvalue weighted by atomic mass is 16.5. The third kappa shape index (κ3) is 1.44. The Morgan fingerprint density at radius 1 is 1.50 bits per heavy atom. The second-order valence-corrected chi connectivity index (χ2v) is 3.72. The Kier molecular flexibility index (Phi) is 2.33. The van der Waals surface area contributed by atoms with Crippen LogP contribution >= 0.6 is 0 Å². The van der Waals surface area contributed by atoms with Crippen molar-refractivity contribution in [2.45, 2.75) is 19.4 Å². The van der Waals surface area contributed by atoms with Crippen LogP contribution < -0.4 is 15.8 Å². The molecule has 0 bridgehead atoms. The highest BCUT2D eigenvalue weighted by molar-refractivity contribution is 5.54. The van der Waals surface area contributed by atoms with E-state index < -0.39 is 0 Å². The van der Waals surface area contributed by atoms with Gasteiger partial charge in [-0.05, 0) is 31.5 Å². The molecular weight excluding hydrogens is 176 g/mol. The van der Waals surface area contributed by atoms with E-state index in [9.17, 15) is 0 Å². The van der Waals surface area contributed by atoms with Crippen molar-refractivity contribution in [1.82, 2.24) is 5.32 Å². The van der Waals surface area contributed by atoms with Crippen molar-refractivity contribution in [2.24, 2.45) is 0 Å². The van der Waals surface area contributed by atoms with Crippen LogP contribution in [0.5, 0.6) is 5.75 Å². The van der Waals surface area contributed by atoms with Gasteiger partial charge in [-0.2, -0.15) is 0 Å². The molecule has 1 heterocycles. The van der Waals surface area contributed by atoms with Gasteiger partial charge in [0.2, 0.25) is 0 Å². The van der Waals surface area contributed by atoms with E-state index in [-0.39, 0.29) is 0 Å². The van der Waals surface area contributed by atoms with Crippen LogP contribution in [-0.4, -0.2) is 13.7 Å². The first kappa shape index (κ1) is 9.34. The van der Waals surface area contributed by atoms with E-state index in [1.807, 2.05) is 12.1 Å². The zero-order valence-corrected chi connectivity index (χ0v) is 8.63. The molecule has 0 aliphatic carbocycles. The summed E-state index contributed by atoms with van der Waals surface area (Å²) >= 11 is 0. The average molecular weight is 192 g/mol. The Labute approximate surface area is 84.3 Å². The van der Waals surface area contributed by atoms with E-state index in [0.29, 0.717) is 6.04 Å². The van der Waals surface area contributed by atoms with Crippen LogP contribution in [0.1, 0.15) is 24.1 Å². The molecule has 1 aromatic carbocycles. The maximum absolute atomic E-state index is 5.81. The summed E-state index contributed by atoms with van der Waals surface area (Å²) in [7, 11) is 1.70. The molecule has 3 N–H and O–H groups in total. The van der Waals surface area contributed by atoms with Gasteiger partial charge in [-0.3, -0.25) is 0 Å². The first-order chi connectivity index (χ1) is 6.72. The standard InChI is InChI=1S/C11H16N2O/c1-7-10-5-8(12)6-11(14-2)9(10)3-4-13-7/h5-7,13H,3-4,12H2,1-2H3. The van der Waals surface area contributed by atoms with E-state index in [0.717, 1.165) is 24.4 Å². The number of ether oxygens (including phenoxy) is 1. The first-order valence-electron chi connectivity index (χ1n) is 4.92. The molecule has 0 saturated carbocycles. The molecule has 0 aromatic heterocycles. The zero-order valence-electron chi connectivity index (χ0n) is 8.63. The van der Waals surface area contributed by atoms with Crippen molar-refractivity contribution in [2.75, 3.05) is 19.4 Å². The Morgan fingerprint density at radius 2 is 2.29 bits per heavy atom. The van der Waals surface area contributed by atoms with Crippen LogP contribution in [-0.2, 0) is 6.42 Å². The Bertz CT molecular complexity index is 349. The van der Waals surface area contributed by atoms with Gasteiger partial charge in [0.15, 0.2) is 0 Å². The van der Waals surface area contributed by atoms with Gasteiger partial charge in [0.05, 0.1) is 7.11 Å². The highest BCUT2D eigenvalue weighted by Gasteiger charge is 2.19. The van der Waals surface area contributed by atoms with Crippen molar-refractivity contribution < 1.29 is 4.74 Å². The summed E-state index contributed by atoms with van der Waals surface area (Å²) in [6.45, 7) is 3.16. The molecule has 1 aliphatic heterocycles. The minimum atomic E-state index is 0.371. The van der Waals surface area contributed by atoms with Gasteiger partial charge < -0.3 is 15.8 Å². The fourth-order valence-electron chi connectivity index (χ4n) is 2.05. The number of fused-ring (bicyclic) bond motifs is 1. The molecule has 0 saturated heterocycles. The summed E-state index contributed by atoms with van der Waals surface area (Å²) in [5.74, 6) is 0.924. The monoisotopic (exact) mass is 192 g/mol. The first-order valence-corrected chi connectivity index (χ1v) is 4.92. The molecule has 0 fully saturated rings. The summed E-state index contributed by atoms with van der Waals surface area (Å²) in [6, 6.07) is 4.31. The van der Waals surface area contributed by atoms with Crippen LogP contribution in [0.3, 0.4) is 0 Å². The Hall–Kier alpha value is -1.22. The average Bonchev–Trinajstić information content (AvgIpc) is 2.18. The van der Waals surface area contributed by atoms with Gasteiger partial charge in [-0.25, -0.2) is 0 Å². The van der Waals surface area contributed by atoms with Crippen molar-refractivity contribution in [3.05, 3.63) is 23.3 Å². The summed E-state index contributed by atoms with van der Waals surface area (Å²) < 4.78 is 5.33. The van der Waals surface area contributed by atoms with E-state index in [4.69, 9.17) is 10.5 Å². The Balaban J connectivity index is 2.54. The van der Waals surface area contributed by atoms with Crippen LogP contribution in [0.2, 0.25) is 0 Å². The number of nitrogens with two attached hydrogens (primary N) is 1. The number of rotatable bonds is 1. The van der Waals surface area contributed by atoms with Crippen molar-refractivity contribution in [3.8, 4) is 5.75 Å². The van der Waals surface area contributed by atoms with Gasteiger partial charge in [0.25, 0.3) is 0 Å².